The summed E-state index contributed by atoms with van der Waals surface area (Å²) in [6.07, 6.45) is -3.35. The lowest BCUT2D eigenvalue weighted by molar-refractivity contribution is -0.137. The van der Waals surface area contributed by atoms with Gasteiger partial charge in [0, 0.05) is 16.5 Å². The van der Waals surface area contributed by atoms with E-state index in [1.807, 2.05) is 12.1 Å². The molecule has 1 aromatic heterocycles. The van der Waals surface area contributed by atoms with Gasteiger partial charge in [-0.2, -0.15) is 18.3 Å². The Kier molecular flexibility index (Phi) is 6.41. The van der Waals surface area contributed by atoms with E-state index >= 15 is 0 Å². The zero-order valence-electron chi connectivity index (χ0n) is 17.3. The third-order valence-corrected chi connectivity index (χ3v) is 5.52. The highest BCUT2D eigenvalue weighted by Gasteiger charge is 2.32. The molecule has 168 valence electrons. The fourth-order valence-corrected chi connectivity index (χ4v) is 3.92. The Balaban J connectivity index is 1.84. The first-order chi connectivity index (χ1) is 15.8. The highest BCUT2D eigenvalue weighted by Crippen LogP contribution is 2.31. The molecule has 4 rings (SSSR count). The Morgan fingerprint density at radius 3 is 2.30 bits per heavy atom. The molecule has 1 heterocycles. The van der Waals surface area contributed by atoms with Crippen molar-refractivity contribution < 1.29 is 22.3 Å². The fraction of sp³-hybridized carbons (Fsp3) is 0.0833. The van der Waals surface area contributed by atoms with Gasteiger partial charge in [0.05, 0.1) is 30.3 Å². The molecule has 0 saturated carbocycles. The van der Waals surface area contributed by atoms with Crippen LogP contribution in [0.5, 0.6) is 5.75 Å². The highest BCUT2D eigenvalue weighted by atomic mass is 32.1. The third-order valence-electron chi connectivity index (χ3n) is 4.70. The number of aromatic nitrogens is 1. The lowest BCUT2D eigenvalue weighted by atomic mass is 10.1. The van der Waals surface area contributed by atoms with Gasteiger partial charge < -0.3 is 4.74 Å². The van der Waals surface area contributed by atoms with Gasteiger partial charge in [0.15, 0.2) is 0 Å². The van der Waals surface area contributed by atoms with Gasteiger partial charge in [-0.1, -0.05) is 18.2 Å². The minimum atomic E-state index is -4.51. The van der Waals surface area contributed by atoms with Gasteiger partial charge in [-0.15, -0.1) is 11.3 Å². The Labute approximate surface area is 190 Å². The van der Waals surface area contributed by atoms with E-state index in [1.54, 1.807) is 24.6 Å². The first-order valence-corrected chi connectivity index (χ1v) is 10.6. The zero-order chi connectivity index (χ0) is 23.4. The Hall–Kier alpha value is -3.72. The molecule has 0 spiro atoms. The fourth-order valence-electron chi connectivity index (χ4n) is 3.06. The minimum Gasteiger partial charge on any atom is -0.497 e. The van der Waals surface area contributed by atoms with Gasteiger partial charge in [-0.05, 0) is 54.6 Å². The summed E-state index contributed by atoms with van der Waals surface area (Å²) in [7, 11) is 1.56. The molecule has 0 N–H and O–H groups in total. The molecule has 0 bridgehead atoms. The quantitative estimate of drug-likeness (QED) is 0.242. The molecule has 33 heavy (non-hydrogen) atoms. The van der Waals surface area contributed by atoms with E-state index in [2.05, 4.69) is 10.1 Å². The normalized spacial score (nSPS) is 12.5. The van der Waals surface area contributed by atoms with Gasteiger partial charge in [-0.25, -0.2) is 14.1 Å². The Bertz CT molecular complexity index is 1340. The van der Waals surface area contributed by atoms with Crippen LogP contribution in [0, 0.1) is 5.82 Å². The van der Waals surface area contributed by atoms with E-state index in [0.717, 1.165) is 17.8 Å². The number of methoxy groups -OCH3 is 1. The minimum absolute atomic E-state index is 0.0721. The Morgan fingerprint density at radius 1 is 0.939 bits per heavy atom. The summed E-state index contributed by atoms with van der Waals surface area (Å²) in [6, 6.07) is 18.0. The average Bonchev–Trinajstić information content (AvgIpc) is 3.21. The van der Waals surface area contributed by atoms with Gasteiger partial charge in [0.1, 0.15) is 11.6 Å². The molecule has 0 aliphatic heterocycles. The summed E-state index contributed by atoms with van der Waals surface area (Å²) in [5.74, 6) is 0.271. The number of thiazole rings is 1. The number of hydrogen-bond acceptors (Lipinski definition) is 4. The molecule has 0 atom stereocenters. The number of hydrogen-bond donors (Lipinski definition) is 0. The van der Waals surface area contributed by atoms with Crippen molar-refractivity contribution in [2.75, 3.05) is 7.11 Å². The Morgan fingerprint density at radius 2 is 1.64 bits per heavy atom. The third kappa shape index (κ3) is 5.20. The molecule has 4 nitrogen and oxygen atoms in total. The second-order valence-electron chi connectivity index (χ2n) is 6.86. The van der Waals surface area contributed by atoms with Crippen molar-refractivity contribution in [3.8, 4) is 17.0 Å². The number of rotatable bonds is 5. The van der Waals surface area contributed by atoms with Crippen molar-refractivity contribution in [1.29, 1.82) is 0 Å². The van der Waals surface area contributed by atoms with Crippen LogP contribution in [-0.2, 0) is 6.18 Å². The number of benzene rings is 3. The van der Waals surface area contributed by atoms with Crippen molar-refractivity contribution in [3.63, 3.8) is 0 Å². The SMILES string of the molecule is COc1ccc(-c2csc(=Nc3ccc(F)cc3)n2/N=C\c2ccccc2C(F)(F)F)cc1. The number of ether oxygens (including phenoxy) is 1. The smallest absolute Gasteiger partial charge is 0.417 e. The first-order valence-electron chi connectivity index (χ1n) is 9.71. The molecule has 0 saturated heterocycles. The summed E-state index contributed by atoms with van der Waals surface area (Å²) in [5, 5.41) is 6.15. The second kappa shape index (κ2) is 9.41. The molecule has 9 heteroatoms. The molecule has 0 aliphatic carbocycles. The average molecular weight is 471 g/mol. The summed E-state index contributed by atoms with van der Waals surface area (Å²) < 4.78 is 60.1. The second-order valence-corrected chi connectivity index (χ2v) is 7.70. The monoisotopic (exact) mass is 471 g/mol. The summed E-state index contributed by atoms with van der Waals surface area (Å²) in [4.78, 5) is 4.91. The van der Waals surface area contributed by atoms with Crippen LogP contribution in [0.1, 0.15) is 11.1 Å². The lowest BCUT2D eigenvalue weighted by Gasteiger charge is -2.09. The molecule has 0 unspecified atom stereocenters. The van der Waals surface area contributed by atoms with E-state index in [1.165, 1.54) is 58.5 Å². The van der Waals surface area contributed by atoms with E-state index in [0.29, 0.717) is 21.9 Å². The van der Waals surface area contributed by atoms with Crippen molar-refractivity contribution in [1.82, 2.24) is 4.68 Å². The van der Waals surface area contributed by atoms with Gasteiger partial charge in [0.2, 0.25) is 4.80 Å². The van der Waals surface area contributed by atoms with Crippen LogP contribution in [0.3, 0.4) is 0 Å². The standard InChI is InChI=1S/C24H17F4N3OS/c1-32-20-12-6-16(7-13-20)22-15-33-23(30-19-10-8-18(25)9-11-19)31(22)29-14-17-4-2-3-5-21(17)24(26,27)28/h2-15H,1H3/b29-14-,30-23?. The van der Waals surface area contributed by atoms with E-state index in [-0.39, 0.29) is 5.56 Å². The zero-order valence-corrected chi connectivity index (χ0v) is 18.1. The van der Waals surface area contributed by atoms with Gasteiger partial charge in [0.25, 0.3) is 0 Å². The summed E-state index contributed by atoms with van der Waals surface area (Å²) in [6.45, 7) is 0. The first kappa shape index (κ1) is 22.5. The van der Waals surface area contributed by atoms with Crippen LogP contribution in [0.2, 0.25) is 0 Å². The van der Waals surface area contributed by atoms with Crippen LogP contribution < -0.4 is 9.54 Å². The maximum atomic E-state index is 13.4. The van der Waals surface area contributed by atoms with Crippen LogP contribution in [0.15, 0.2) is 88.3 Å². The van der Waals surface area contributed by atoms with Crippen LogP contribution in [0.4, 0.5) is 23.2 Å². The largest absolute Gasteiger partial charge is 0.497 e. The van der Waals surface area contributed by atoms with Crippen LogP contribution in [0.25, 0.3) is 11.3 Å². The van der Waals surface area contributed by atoms with Crippen molar-refractivity contribution in [2.45, 2.75) is 6.18 Å². The molecular formula is C24H17F4N3OS. The maximum absolute atomic E-state index is 13.4. The molecule has 0 fully saturated rings. The molecule has 4 aromatic rings. The van der Waals surface area contributed by atoms with E-state index < -0.39 is 17.6 Å². The topological polar surface area (TPSA) is 38.9 Å². The van der Waals surface area contributed by atoms with Crippen molar-refractivity contribution >= 4 is 23.2 Å². The van der Waals surface area contributed by atoms with E-state index in [4.69, 9.17) is 4.74 Å². The lowest BCUT2D eigenvalue weighted by Crippen LogP contribution is -2.13. The molecule has 0 amide bonds. The van der Waals surface area contributed by atoms with E-state index in [9.17, 15) is 17.6 Å². The number of nitrogens with zero attached hydrogens (tertiary/aromatic N) is 3. The summed E-state index contributed by atoms with van der Waals surface area (Å²) >= 11 is 1.26. The van der Waals surface area contributed by atoms with Crippen molar-refractivity contribution in [2.24, 2.45) is 10.1 Å². The number of alkyl halides is 3. The predicted octanol–water partition coefficient (Wildman–Crippen LogP) is 6.50. The molecule has 0 aliphatic rings. The summed E-state index contributed by atoms with van der Waals surface area (Å²) in [5.41, 5.74) is 1.03. The van der Waals surface area contributed by atoms with Crippen LogP contribution in [-0.4, -0.2) is 18.0 Å². The van der Waals surface area contributed by atoms with Crippen molar-refractivity contribution in [3.05, 3.63) is 99.9 Å². The molecule has 3 aromatic carbocycles. The van der Waals surface area contributed by atoms with Gasteiger partial charge >= 0.3 is 6.18 Å². The predicted molar refractivity (Wildman–Crippen MR) is 120 cm³/mol. The maximum Gasteiger partial charge on any atom is 0.417 e. The number of halogens is 4. The van der Waals surface area contributed by atoms with Gasteiger partial charge in [-0.3, -0.25) is 0 Å². The molecule has 0 radical (unpaired) electrons. The molecular weight excluding hydrogens is 454 g/mol. The highest BCUT2D eigenvalue weighted by molar-refractivity contribution is 7.07. The van der Waals surface area contributed by atoms with Crippen LogP contribution >= 0.6 is 11.3 Å².